The highest BCUT2D eigenvalue weighted by Crippen LogP contribution is 2.41. The van der Waals surface area contributed by atoms with Crippen molar-refractivity contribution in [1.29, 1.82) is 0 Å². The standard InChI is InChI=1S/C27H24FNO4S.ClH/c1-2-11-29-14-20(15-29)33-23-10-5-17(12-22(23)28)26(32)25-21-9-8-19(31)13-24(21)34-27(25)16-3-6-18(30)7-4-16;/h3-10,12-13,20,30-31H,2,11,14-15H2,1H3;1H. The second-order valence-corrected chi connectivity index (χ2v) is 9.56. The number of rotatable bonds is 7. The maximum atomic E-state index is 14.9. The van der Waals surface area contributed by atoms with E-state index in [4.69, 9.17) is 4.74 Å². The zero-order chi connectivity index (χ0) is 23.8. The molecule has 8 heteroatoms. The molecule has 182 valence electrons. The minimum Gasteiger partial charge on any atom is -0.508 e. The van der Waals surface area contributed by atoms with Crippen molar-refractivity contribution in [3.8, 4) is 27.7 Å². The van der Waals surface area contributed by atoms with Gasteiger partial charge in [0.2, 0.25) is 0 Å². The number of carbonyl (C=O) groups is 1. The van der Waals surface area contributed by atoms with Crippen LogP contribution in [0.1, 0.15) is 29.3 Å². The normalized spacial score (nSPS) is 13.9. The molecule has 1 aliphatic rings. The van der Waals surface area contributed by atoms with Gasteiger partial charge in [0.1, 0.15) is 17.6 Å². The molecular formula is C27H25ClFNO4S. The lowest BCUT2D eigenvalue weighted by Gasteiger charge is -2.38. The first-order chi connectivity index (χ1) is 16.4. The van der Waals surface area contributed by atoms with E-state index in [0.29, 0.717) is 15.8 Å². The molecule has 2 heterocycles. The number of likely N-dealkylation sites (tertiary alicyclic amines) is 1. The van der Waals surface area contributed by atoms with E-state index >= 15 is 0 Å². The quantitative estimate of drug-likeness (QED) is 0.286. The number of benzene rings is 3. The Balaban J connectivity index is 0.00000289. The molecule has 5 nitrogen and oxygen atoms in total. The number of phenolic OH excluding ortho intramolecular Hbond substituents is 2. The average molecular weight is 514 g/mol. The molecule has 1 fully saturated rings. The molecule has 1 aromatic heterocycles. The van der Waals surface area contributed by atoms with Crippen molar-refractivity contribution < 1.29 is 24.1 Å². The summed E-state index contributed by atoms with van der Waals surface area (Å²) >= 11 is 1.36. The van der Waals surface area contributed by atoms with Gasteiger partial charge in [0.15, 0.2) is 17.3 Å². The minimum absolute atomic E-state index is 0. The van der Waals surface area contributed by atoms with Gasteiger partial charge >= 0.3 is 0 Å². The van der Waals surface area contributed by atoms with Gasteiger partial charge in [-0.05, 0) is 79.2 Å². The maximum Gasteiger partial charge on any atom is 0.195 e. The van der Waals surface area contributed by atoms with Crippen LogP contribution in [0.4, 0.5) is 4.39 Å². The van der Waals surface area contributed by atoms with E-state index in [0.717, 1.165) is 36.3 Å². The van der Waals surface area contributed by atoms with E-state index in [1.807, 2.05) is 0 Å². The van der Waals surface area contributed by atoms with Crippen molar-refractivity contribution in [3.05, 3.63) is 77.6 Å². The first-order valence-electron chi connectivity index (χ1n) is 11.2. The smallest absolute Gasteiger partial charge is 0.195 e. The van der Waals surface area contributed by atoms with Gasteiger partial charge in [0.05, 0.1) is 0 Å². The molecule has 3 aromatic carbocycles. The van der Waals surface area contributed by atoms with Gasteiger partial charge in [0, 0.05) is 39.2 Å². The van der Waals surface area contributed by atoms with Gasteiger partial charge in [0.25, 0.3) is 0 Å². The molecule has 4 aromatic rings. The molecule has 0 amide bonds. The Kier molecular flexibility index (Phi) is 7.31. The van der Waals surface area contributed by atoms with Crippen LogP contribution in [-0.4, -0.2) is 46.6 Å². The number of thiophene rings is 1. The fourth-order valence-electron chi connectivity index (χ4n) is 4.28. The Labute approximate surface area is 212 Å². The van der Waals surface area contributed by atoms with E-state index in [1.165, 1.54) is 29.5 Å². The van der Waals surface area contributed by atoms with Crippen LogP contribution >= 0.6 is 23.7 Å². The molecule has 0 radical (unpaired) electrons. The number of ketones is 1. The van der Waals surface area contributed by atoms with Gasteiger partial charge in [-0.25, -0.2) is 4.39 Å². The first kappa shape index (κ1) is 25.0. The largest absolute Gasteiger partial charge is 0.508 e. The number of aromatic hydroxyl groups is 2. The molecule has 0 saturated carbocycles. The fraction of sp³-hybridized carbons (Fsp3) is 0.222. The molecule has 2 N–H and O–H groups in total. The van der Waals surface area contributed by atoms with E-state index in [9.17, 15) is 19.4 Å². The van der Waals surface area contributed by atoms with Gasteiger partial charge in [-0.1, -0.05) is 6.92 Å². The van der Waals surface area contributed by atoms with E-state index in [2.05, 4.69) is 11.8 Å². The zero-order valence-corrected chi connectivity index (χ0v) is 20.7. The van der Waals surface area contributed by atoms with Crippen LogP contribution in [0.5, 0.6) is 17.2 Å². The third-order valence-corrected chi connectivity index (χ3v) is 7.18. The van der Waals surface area contributed by atoms with Crippen molar-refractivity contribution in [2.45, 2.75) is 19.4 Å². The summed E-state index contributed by atoms with van der Waals surface area (Å²) in [5.74, 6) is -0.508. The number of hydrogen-bond donors (Lipinski definition) is 2. The monoisotopic (exact) mass is 513 g/mol. The molecule has 5 rings (SSSR count). The summed E-state index contributed by atoms with van der Waals surface area (Å²) in [6.45, 7) is 4.68. The Morgan fingerprint density at radius 1 is 1.06 bits per heavy atom. The molecule has 1 saturated heterocycles. The van der Waals surface area contributed by atoms with Crippen molar-refractivity contribution in [1.82, 2.24) is 4.90 Å². The molecule has 0 atom stereocenters. The molecule has 0 bridgehead atoms. The predicted molar refractivity (Wildman–Crippen MR) is 139 cm³/mol. The lowest BCUT2D eigenvalue weighted by molar-refractivity contribution is 0.0179. The van der Waals surface area contributed by atoms with Crippen molar-refractivity contribution in [2.24, 2.45) is 0 Å². The Bertz CT molecular complexity index is 1370. The maximum absolute atomic E-state index is 14.9. The summed E-state index contributed by atoms with van der Waals surface area (Å²) in [5.41, 5.74) is 1.41. The molecule has 35 heavy (non-hydrogen) atoms. The number of carbonyl (C=O) groups excluding carboxylic acids is 1. The Morgan fingerprint density at radius 3 is 2.46 bits per heavy atom. The second kappa shape index (κ2) is 10.2. The van der Waals surface area contributed by atoms with E-state index in [1.54, 1.807) is 42.5 Å². The molecule has 0 unspecified atom stereocenters. The summed E-state index contributed by atoms with van der Waals surface area (Å²) in [4.78, 5) is 16.6. The molecule has 1 aliphatic heterocycles. The van der Waals surface area contributed by atoms with Crippen LogP contribution in [0.25, 0.3) is 20.5 Å². The highest BCUT2D eigenvalue weighted by atomic mass is 35.5. The van der Waals surface area contributed by atoms with Crippen LogP contribution in [0, 0.1) is 5.82 Å². The van der Waals surface area contributed by atoms with Gasteiger partial charge in [-0.2, -0.15) is 0 Å². The number of nitrogens with zero attached hydrogens (tertiary/aromatic N) is 1. The summed E-state index contributed by atoms with van der Waals surface area (Å²) in [6.07, 6.45) is 1.03. The summed E-state index contributed by atoms with van der Waals surface area (Å²) in [5, 5.41) is 20.3. The van der Waals surface area contributed by atoms with E-state index < -0.39 is 5.82 Å². The van der Waals surface area contributed by atoms with Crippen LogP contribution in [0.3, 0.4) is 0 Å². The van der Waals surface area contributed by atoms with Crippen LogP contribution in [0.15, 0.2) is 60.7 Å². The van der Waals surface area contributed by atoms with Crippen molar-refractivity contribution >= 4 is 39.6 Å². The third-order valence-electron chi connectivity index (χ3n) is 5.98. The van der Waals surface area contributed by atoms with Crippen LogP contribution in [-0.2, 0) is 0 Å². The number of ether oxygens (including phenoxy) is 1. The van der Waals surface area contributed by atoms with Gasteiger partial charge < -0.3 is 14.9 Å². The number of phenols is 2. The van der Waals surface area contributed by atoms with Crippen LogP contribution < -0.4 is 4.74 Å². The number of hydrogen-bond acceptors (Lipinski definition) is 6. The second-order valence-electron chi connectivity index (χ2n) is 8.51. The number of halogens is 2. The first-order valence-corrected chi connectivity index (χ1v) is 12.0. The zero-order valence-electron chi connectivity index (χ0n) is 19.0. The highest BCUT2D eigenvalue weighted by molar-refractivity contribution is 7.22. The Hall–Kier alpha value is -3.13. The molecule has 0 spiro atoms. The topological polar surface area (TPSA) is 70.0 Å². The fourth-order valence-corrected chi connectivity index (χ4v) is 5.52. The highest BCUT2D eigenvalue weighted by Gasteiger charge is 2.29. The average Bonchev–Trinajstić information content (AvgIpc) is 3.17. The van der Waals surface area contributed by atoms with Crippen molar-refractivity contribution in [2.75, 3.05) is 19.6 Å². The summed E-state index contributed by atoms with van der Waals surface area (Å²) in [7, 11) is 0. The van der Waals surface area contributed by atoms with E-state index in [-0.39, 0.29) is 47.1 Å². The van der Waals surface area contributed by atoms with Crippen molar-refractivity contribution in [3.63, 3.8) is 0 Å². The molecular weight excluding hydrogens is 489 g/mol. The summed E-state index contributed by atoms with van der Waals surface area (Å²) in [6, 6.07) is 15.7. The lowest BCUT2D eigenvalue weighted by atomic mass is 9.97. The SMILES string of the molecule is CCCN1CC(Oc2ccc(C(=O)c3c(-c4ccc(O)cc4)sc4cc(O)ccc34)cc2F)C1.Cl. The third kappa shape index (κ3) is 4.98. The lowest BCUT2D eigenvalue weighted by Crippen LogP contribution is -2.53. The number of fused-ring (bicyclic) bond motifs is 1. The van der Waals surface area contributed by atoms with Crippen LogP contribution in [0.2, 0.25) is 0 Å². The minimum atomic E-state index is -0.567. The van der Waals surface area contributed by atoms with Gasteiger partial charge in [-0.3, -0.25) is 9.69 Å². The summed E-state index contributed by atoms with van der Waals surface area (Å²) < 4.78 is 21.4. The van der Waals surface area contributed by atoms with Gasteiger partial charge in [-0.15, -0.1) is 23.7 Å². The molecule has 0 aliphatic carbocycles. The Morgan fingerprint density at radius 2 is 1.77 bits per heavy atom. The predicted octanol–water partition coefficient (Wildman–Crippen LogP) is 6.24.